The molecule has 1 N–H and O–H groups in total. The summed E-state index contributed by atoms with van der Waals surface area (Å²) < 4.78 is 0. The topological polar surface area (TPSA) is 84.6 Å². The summed E-state index contributed by atoms with van der Waals surface area (Å²) in [6, 6.07) is 9.86. The Kier molecular flexibility index (Phi) is 5.54. The van der Waals surface area contributed by atoms with Crippen molar-refractivity contribution in [2.24, 2.45) is 0 Å². The van der Waals surface area contributed by atoms with E-state index in [1.807, 2.05) is 6.07 Å². The molecule has 0 aliphatic heterocycles. The lowest BCUT2D eigenvalue weighted by Gasteiger charge is -2.30. The Hall–Kier alpha value is -2.55. The molecule has 20 heavy (non-hydrogen) atoms. The molecule has 1 unspecified atom stereocenters. The summed E-state index contributed by atoms with van der Waals surface area (Å²) in [4.78, 5) is 25.9. The Labute approximate surface area is 117 Å². The number of nitriles is 1. The molecule has 0 spiro atoms. The second-order valence-electron chi connectivity index (χ2n) is 4.42. The maximum atomic E-state index is 12.4. The van der Waals surface area contributed by atoms with Crippen molar-refractivity contribution >= 4 is 17.7 Å². The third-order valence-corrected chi connectivity index (χ3v) is 2.94. The number of rotatable bonds is 5. The van der Waals surface area contributed by atoms with Crippen molar-refractivity contribution in [3.63, 3.8) is 0 Å². The third kappa shape index (κ3) is 3.99. The minimum Gasteiger partial charge on any atom is -0.480 e. The quantitative estimate of drug-likeness (QED) is 0.889. The number of aliphatic carboxylic acids is 1. The van der Waals surface area contributed by atoms with Gasteiger partial charge in [-0.05, 0) is 19.1 Å². The van der Waals surface area contributed by atoms with Crippen molar-refractivity contribution in [1.82, 2.24) is 4.90 Å². The van der Waals surface area contributed by atoms with Gasteiger partial charge in [0.1, 0.15) is 6.54 Å². The zero-order chi connectivity index (χ0) is 15.1. The summed E-state index contributed by atoms with van der Waals surface area (Å²) in [6.45, 7) is 1.32. The summed E-state index contributed by atoms with van der Waals surface area (Å²) in [7, 11) is 1.56. The smallest absolute Gasteiger partial charge is 0.325 e. The van der Waals surface area contributed by atoms with Gasteiger partial charge in [-0.15, -0.1) is 0 Å². The Morgan fingerprint density at radius 1 is 1.35 bits per heavy atom. The van der Waals surface area contributed by atoms with Crippen LogP contribution < -0.4 is 4.90 Å². The maximum absolute atomic E-state index is 12.4. The number of urea groups is 1. The van der Waals surface area contributed by atoms with E-state index in [1.54, 1.807) is 44.3 Å². The van der Waals surface area contributed by atoms with Crippen molar-refractivity contribution in [1.29, 1.82) is 5.26 Å². The van der Waals surface area contributed by atoms with Gasteiger partial charge in [-0.25, -0.2) is 4.79 Å². The second-order valence-corrected chi connectivity index (χ2v) is 4.42. The number of benzene rings is 1. The van der Waals surface area contributed by atoms with Crippen molar-refractivity contribution < 1.29 is 14.7 Å². The van der Waals surface area contributed by atoms with E-state index in [0.717, 1.165) is 0 Å². The van der Waals surface area contributed by atoms with Crippen molar-refractivity contribution in [2.75, 3.05) is 18.5 Å². The first-order chi connectivity index (χ1) is 9.47. The molecule has 0 aromatic heterocycles. The lowest BCUT2D eigenvalue weighted by Crippen LogP contribution is -2.47. The van der Waals surface area contributed by atoms with Gasteiger partial charge in [0, 0.05) is 18.8 Å². The van der Waals surface area contributed by atoms with Gasteiger partial charge in [0.2, 0.25) is 0 Å². The predicted octanol–water partition coefficient (Wildman–Crippen LogP) is 1.93. The van der Waals surface area contributed by atoms with Crippen LogP contribution in [0.25, 0.3) is 0 Å². The first kappa shape index (κ1) is 15.5. The van der Waals surface area contributed by atoms with E-state index in [0.29, 0.717) is 5.69 Å². The van der Waals surface area contributed by atoms with Gasteiger partial charge in [0.15, 0.2) is 0 Å². The highest BCUT2D eigenvalue weighted by molar-refractivity contribution is 5.96. The SMILES string of the molecule is CC(CC#N)N(C)C(=O)N(CC(=O)O)c1ccccc1. The fraction of sp³-hybridized carbons (Fsp3) is 0.357. The minimum absolute atomic E-state index is 0.192. The number of anilines is 1. The Morgan fingerprint density at radius 3 is 2.45 bits per heavy atom. The number of nitrogens with zero attached hydrogens (tertiary/aromatic N) is 3. The lowest BCUT2D eigenvalue weighted by molar-refractivity contribution is -0.135. The standard InChI is InChI=1S/C14H17N3O3/c1-11(8-9-15)16(2)14(20)17(10-13(18)19)12-6-4-3-5-7-12/h3-7,11H,8,10H2,1-2H3,(H,18,19). The zero-order valence-corrected chi connectivity index (χ0v) is 11.5. The highest BCUT2D eigenvalue weighted by Gasteiger charge is 2.24. The van der Waals surface area contributed by atoms with Crippen LogP contribution >= 0.6 is 0 Å². The van der Waals surface area contributed by atoms with Crippen LogP contribution in [0.15, 0.2) is 30.3 Å². The van der Waals surface area contributed by atoms with Gasteiger partial charge in [-0.1, -0.05) is 18.2 Å². The van der Waals surface area contributed by atoms with Gasteiger partial charge >= 0.3 is 12.0 Å². The van der Waals surface area contributed by atoms with Crippen molar-refractivity contribution in [3.05, 3.63) is 30.3 Å². The van der Waals surface area contributed by atoms with E-state index in [2.05, 4.69) is 0 Å². The van der Waals surface area contributed by atoms with Gasteiger partial charge in [-0.2, -0.15) is 5.26 Å². The van der Waals surface area contributed by atoms with Crippen LogP contribution in [0.2, 0.25) is 0 Å². The first-order valence-corrected chi connectivity index (χ1v) is 6.15. The molecular weight excluding hydrogens is 258 g/mol. The second kappa shape index (κ2) is 7.14. The molecule has 1 atom stereocenters. The highest BCUT2D eigenvalue weighted by Crippen LogP contribution is 2.16. The number of hydrogen-bond acceptors (Lipinski definition) is 3. The summed E-state index contributed by atoms with van der Waals surface area (Å²) in [5.41, 5.74) is 0.510. The monoisotopic (exact) mass is 275 g/mol. The number of hydrogen-bond donors (Lipinski definition) is 1. The van der Waals surface area contributed by atoms with E-state index in [9.17, 15) is 9.59 Å². The summed E-state index contributed by atoms with van der Waals surface area (Å²) in [5, 5.41) is 17.6. The largest absolute Gasteiger partial charge is 0.480 e. The molecular formula is C14H17N3O3. The van der Waals surface area contributed by atoms with E-state index in [1.165, 1.54) is 9.80 Å². The molecule has 0 bridgehead atoms. The van der Waals surface area contributed by atoms with Crippen molar-refractivity contribution in [2.45, 2.75) is 19.4 Å². The molecule has 0 aliphatic carbocycles. The zero-order valence-electron chi connectivity index (χ0n) is 11.5. The normalized spacial score (nSPS) is 11.2. The molecule has 0 radical (unpaired) electrons. The Morgan fingerprint density at radius 2 is 1.95 bits per heavy atom. The molecule has 6 heteroatoms. The fourth-order valence-electron chi connectivity index (χ4n) is 1.66. The minimum atomic E-state index is -1.09. The van der Waals surface area contributed by atoms with E-state index in [4.69, 9.17) is 10.4 Å². The van der Waals surface area contributed by atoms with Crippen LogP contribution in [-0.4, -0.2) is 41.6 Å². The molecule has 0 aliphatic rings. The summed E-state index contributed by atoms with van der Waals surface area (Å²) in [6.07, 6.45) is 0.192. The van der Waals surface area contributed by atoms with Crippen LogP contribution in [0.5, 0.6) is 0 Å². The molecule has 0 fully saturated rings. The number of para-hydroxylation sites is 1. The summed E-state index contributed by atoms with van der Waals surface area (Å²) in [5.74, 6) is -1.09. The average molecular weight is 275 g/mol. The number of carbonyl (C=O) groups excluding carboxylic acids is 1. The fourth-order valence-corrected chi connectivity index (χ4v) is 1.66. The Bertz CT molecular complexity index is 510. The lowest BCUT2D eigenvalue weighted by atomic mass is 10.2. The van der Waals surface area contributed by atoms with Gasteiger partial charge < -0.3 is 10.0 Å². The Balaban J connectivity index is 2.97. The predicted molar refractivity (Wildman–Crippen MR) is 74.3 cm³/mol. The maximum Gasteiger partial charge on any atom is 0.325 e. The molecule has 0 saturated carbocycles. The number of carboxylic acids is 1. The molecule has 106 valence electrons. The number of carboxylic acid groups (broad SMARTS) is 1. The molecule has 0 saturated heterocycles. The molecule has 1 aromatic carbocycles. The van der Waals surface area contributed by atoms with Crippen LogP contribution in [0.3, 0.4) is 0 Å². The molecule has 6 nitrogen and oxygen atoms in total. The number of carbonyl (C=O) groups is 2. The van der Waals surface area contributed by atoms with Crippen LogP contribution in [-0.2, 0) is 4.79 Å². The third-order valence-electron chi connectivity index (χ3n) is 2.94. The average Bonchev–Trinajstić information content (AvgIpc) is 2.44. The molecule has 0 heterocycles. The van der Waals surface area contributed by atoms with Crippen LogP contribution in [0.1, 0.15) is 13.3 Å². The van der Waals surface area contributed by atoms with E-state index in [-0.39, 0.29) is 12.5 Å². The van der Waals surface area contributed by atoms with E-state index < -0.39 is 18.5 Å². The molecule has 1 aromatic rings. The molecule has 1 rings (SSSR count). The van der Waals surface area contributed by atoms with Gasteiger partial charge in [-0.3, -0.25) is 9.69 Å². The van der Waals surface area contributed by atoms with Gasteiger partial charge in [0.05, 0.1) is 12.5 Å². The summed E-state index contributed by atoms with van der Waals surface area (Å²) >= 11 is 0. The van der Waals surface area contributed by atoms with Crippen LogP contribution in [0, 0.1) is 11.3 Å². The first-order valence-electron chi connectivity index (χ1n) is 6.15. The number of amides is 2. The van der Waals surface area contributed by atoms with Crippen molar-refractivity contribution in [3.8, 4) is 6.07 Å². The van der Waals surface area contributed by atoms with E-state index >= 15 is 0 Å². The van der Waals surface area contributed by atoms with Crippen LogP contribution in [0.4, 0.5) is 10.5 Å². The highest BCUT2D eigenvalue weighted by atomic mass is 16.4. The van der Waals surface area contributed by atoms with Gasteiger partial charge in [0.25, 0.3) is 0 Å². The molecule has 2 amide bonds.